The van der Waals surface area contributed by atoms with Crippen LogP contribution in [0.15, 0.2) is 49.2 Å². The van der Waals surface area contributed by atoms with Crippen molar-refractivity contribution in [2.75, 3.05) is 5.01 Å². The van der Waals surface area contributed by atoms with E-state index in [1.165, 1.54) is 0 Å². The number of hydrogen-bond donors (Lipinski definition) is 1. The van der Waals surface area contributed by atoms with E-state index in [1.54, 1.807) is 22.1 Å². The van der Waals surface area contributed by atoms with Crippen LogP contribution < -0.4 is 10.4 Å². The second-order valence-corrected chi connectivity index (χ2v) is 3.98. The maximum absolute atomic E-state index is 4.35. The van der Waals surface area contributed by atoms with Crippen LogP contribution in [-0.2, 0) is 0 Å². The molecule has 90 valence electrons. The van der Waals surface area contributed by atoms with Crippen LogP contribution in [0.1, 0.15) is 5.56 Å². The molecule has 0 radical (unpaired) electrons. The number of hydrogen-bond acceptors (Lipinski definition) is 5. The second kappa shape index (κ2) is 3.99. The van der Waals surface area contributed by atoms with Gasteiger partial charge < -0.3 is 0 Å². The van der Waals surface area contributed by atoms with Gasteiger partial charge in [0.05, 0.1) is 18.1 Å². The molecule has 3 heterocycles. The molecule has 0 saturated heterocycles. The third-order valence-electron chi connectivity index (χ3n) is 2.69. The normalized spacial score (nSPS) is 14.6. The molecule has 1 aliphatic rings. The second-order valence-electron chi connectivity index (χ2n) is 3.98. The molecule has 6 nitrogen and oxygen atoms in total. The SMILES string of the molecule is C=C1C(n2ccnn2)=CNN1c1ccc(C)cn1. The first kappa shape index (κ1) is 10.5. The van der Waals surface area contributed by atoms with E-state index >= 15 is 0 Å². The van der Waals surface area contributed by atoms with Crippen LogP contribution in [0.3, 0.4) is 0 Å². The number of aromatic nitrogens is 4. The molecule has 0 unspecified atom stereocenters. The minimum atomic E-state index is 0.775. The Bertz CT molecular complexity index is 596. The van der Waals surface area contributed by atoms with Crippen LogP contribution in [0.4, 0.5) is 5.82 Å². The van der Waals surface area contributed by atoms with Crippen molar-refractivity contribution in [1.82, 2.24) is 25.4 Å². The molecule has 2 aromatic rings. The highest BCUT2D eigenvalue weighted by atomic mass is 15.6. The summed E-state index contributed by atoms with van der Waals surface area (Å²) in [6.45, 7) is 6.04. The summed E-state index contributed by atoms with van der Waals surface area (Å²) in [5.41, 5.74) is 5.84. The zero-order valence-corrected chi connectivity index (χ0v) is 9.91. The average molecular weight is 240 g/mol. The van der Waals surface area contributed by atoms with Crippen LogP contribution in [0.5, 0.6) is 0 Å². The van der Waals surface area contributed by atoms with Gasteiger partial charge in [-0.15, -0.1) is 5.10 Å². The standard InChI is InChI=1S/C12H12N6/c1-9-3-4-12(13-7-9)18-10(2)11(8-15-18)17-6-5-14-16-17/h3-8,15H,2H2,1H3. The highest BCUT2D eigenvalue weighted by Gasteiger charge is 2.22. The number of pyridine rings is 1. The number of nitrogens with zero attached hydrogens (tertiary/aromatic N) is 5. The zero-order chi connectivity index (χ0) is 12.5. The molecule has 0 atom stereocenters. The molecule has 0 aliphatic carbocycles. The van der Waals surface area contributed by atoms with Crippen LogP contribution >= 0.6 is 0 Å². The van der Waals surface area contributed by atoms with Gasteiger partial charge in [0.1, 0.15) is 5.70 Å². The Morgan fingerprint density at radius 3 is 2.89 bits per heavy atom. The molecular weight excluding hydrogens is 228 g/mol. The maximum atomic E-state index is 4.35. The third-order valence-corrected chi connectivity index (χ3v) is 2.69. The van der Waals surface area contributed by atoms with E-state index in [-0.39, 0.29) is 0 Å². The number of nitrogens with one attached hydrogen (secondary N) is 1. The third kappa shape index (κ3) is 1.64. The molecule has 18 heavy (non-hydrogen) atoms. The van der Waals surface area contributed by atoms with Gasteiger partial charge in [-0.05, 0) is 18.6 Å². The first-order valence-electron chi connectivity index (χ1n) is 5.51. The van der Waals surface area contributed by atoms with E-state index in [0.29, 0.717) is 0 Å². The van der Waals surface area contributed by atoms with Gasteiger partial charge in [-0.3, -0.25) is 5.43 Å². The average Bonchev–Trinajstić information content (AvgIpc) is 2.99. The first-order chi connectivity index (χ1) is 8.75. The van der Waals surface area contributed by atoms with Crippen molar-refractivity contribution in [2.45, 2.75) is 6.92 Å². The van der Waals surface area contributed by atoms with Gasteiger partial charge in [0, 0.05) is 12.4 Å². The predicted molar refractivity (Wildman–Crippen MR) is 68.0 cm³/mol. The molecule has 0 saturated carbocycles. The Morgan fingerprint density at radius 2 is 2.22 bits per heavy atom. The van der Waals surface area contributed by atoms with Crippen LogP contribution in [0, 0.1) is 6.92 Å². The van der Waals surface area contributed by atoms with Gasteiger partial charge in [-0.25, -0.2) is 14.7 Å². The fourth-order valence-electron chi connectivity index (χ4n) is 1.73. The Labute approximate surface area is 104 Å². The fraction of sp³-hybridized carbons (Fsp3) is 0.0833. The van der Waals surface area contributed by atoms with Crippen LogP contribution in [0.2, 0.25) is 0 Å². The molecule has 1 N–H and O–H groups in total. The van der Waals surface area contributed by atoms with E-state index in [2.05, 4.69) is 27.3 Å². The molecule has 0 amide bonds. The molecule has 6 heteroatoms. The summed E-state index contributed by atoms with van der Waals surface area (Å²) >= 11 is 0. The summed E-state index contributed by atoms with van der Waals surface area (Å²) in [5, 5.41) is 9.52. The summed E-state index contributed by atoms with van der Waals surface area (Å²) < 4.78 is 1.66. The van der Waals surface area contributed by atoms with Crippen LogP contribution in [-0.4, -0.2) is 20.0 Å². The number of allylic oxidation sites excluding steroid dienone is 1. The first-order valence-corrected chi connectivity index (χ1v) is 5.51. The van der Waals surface area contributed by atoms with Crippen molar-refractivity contribution in [1.29, 1.82) is 0 Å². The van der Waals surface area contributed by atoms with Gasteiger partial charge in [0.25, 0.3) is 0 Å². The predicted octanol–water partition coefficient (Wildman–Crippen LogP) is 1.32. The van der Waals surface area contributed by atoms with Crippen molar-refractivity contribution in [2.24, 2.45) is 0 Å². The summed E-state index contributed by atoms with van der Waals surface area (Å²) in [7, 11) is 0. The highest BCUT2D eigenvalue weighted by molar-refractivity contribution is 5.73. The lowest BCUT2D eigenvalue weighted by atomic mass is 10.3. The van der Waals surface area contributed by atoms with Gasteiger partial charge in [-0.2, -0.15) is 0 Å². The molecule has 1 aliphatic heterocycles. The summed E-state index contributed by atoms with van der Waals surface area (Å²) in [4.78, 5) is 4.35. The molecule has 0 fully saturated rings. The van der Waals surface area contributed by atoms with E-state index in [0.717, 1.165) is 22.8 Å². The Kier molecular flexibility index (Phi) is 2.33. The molecule has 2 aromatic heterocycles. The minimum Gasteiger partial charge on any atom is -0.297 e. The summed E-state index contributed by atoms with van der Waals surface area (Å²) in [6, 6.07) is 3.94. The number of rotatable bonds is 2. The van der Waals surface area contributed by atoms with Crippen molar-refractivity contribution >= 4 is 11.5 Å². The minimum absolute atomic E-state index is 0.775. The monoisotopic (exact) mass is 240 g/mol. The topological polar surface area (TPSA) is 58.9 Å². The van der Waals surface area contributed by atoms with Gasteiger partial charge in [0.15, 0.2) is 5.82 Å². The van der Waals surface area contributed by atoms with Gasteiger partial charge in [0.2, 0.25) is 0 Å². The smallest absolute Gasteiger partial charge is 0.151 e. The molecule has 0 bridgehead atoms. The Balaban J connectivity index is 1.87. The van der Waals surface area contributed by atoms with E-state index in [1.807, 2.05) is 31.5 Å². The zero-order valence-electron chi connectivity index (χ0n) is 9.91. The van der Waals surface area contributed by atoms with E-state index < -0.39 is 0 Å². The molecule has 0 aromatic carbocycles. The molecular formula is C12H12N6. The van der Waals surface area contributed by atoms with Gasteiger partial charge >= 0.3 is 0 Å². The lowest BCUT2D eigenvalue weighted by molar-refractivity contribution is 0.817. The maximum Gasteiger partial charge on any atom is 0.151 e. The Hall–Kier alpha value is -2.63. The quantitative estimate of drug-likeness (QED) is 0.857. The molecule has 0 spiro atoms. The Morgan fingerprint density at radius 1 is 1.33 bits per heavy atom. The van der Waals surface area contributed by atoms with E-state index in [4.69, 9.17) is 0 Å². The van der Waals surface area contributed by atoms with Gasteiger partial charge in [-0.1, -0.05) is 17.9 Å². The molecule has 3 rings (SSSR count). The number of hydrazine groups is 1. The van der Waals surface area contributed by atoms with E-state index in [9.17, 15) is 0 Å². The fourth-order valence-corrected chi connectivity index (χ4v) is 1.73. The largest absolute Gasteiger partial charge is 0.297 e. The van der Waals surface area contributed by atoms with Crippen molar-refractivity contribution in [3.05, 3.63) is 54.8 Å². The van der Waals surface area contributed by atoms with Crippen molar-refractivity contribution < 1.29 is 0 Å². The van der Waals surface area contributed by atoms with Crippen LogP contribution in [0.25, 0.3) is 5.70 Å². The highest BCUT2D eigenvalue weighted by Crippen LogP contribution is 2.25. The lowest BCUT2D eigenvalue weighted by Gasteiger charge is -2.19. The summed E-state index contributed by atoms with van der Waals surface area (Å²) in [5.74, 6) is 0.789. The number of anilines is 1. The van der Waals surface area contributed by atoms with Crippen molar-refractivity contribution in [3.8, 4) is 0 Å². The lowest BCUT2D eigenvalue weighted by Crippen LogP contribution is -2.29. The summed E-state index contributed by atoms with van der Waals surface area (Å²) in [6.07, 6.45) is 7.03. The van der Waals surface area contributed by atoms with Crippen molar-refractivity contribution in [3.63, 3.8) is 0 Å². The number of aryl methyl sites for hydroxylation is 1.